The van der Waals surface area contributed by atoms with Gasteiger partial charge in [0.1, 0.15) is 5.82 Å². The van der Waals surface area contributed by atoms with Crippen molar-refractivity contribution in [3.63, 3.8) is 0 Å². The van der Waals surface area contributed by atoms with Crippen LogP contribution in [0.3, 0.4) is 0 Å². The maximum Gasteiger partial charge on any atom is 0.269 e. The molecule has 1 aliphatic heterocycles. The van der Waals surface area contributed by atoms with Crippen molar-refractivity contribution in [2.45, 2.75) is 19.4 Å². The molecule has 23 heavy (non-hydrogen) atoms. The van der Waals surface area contributed by atoms with Gasteiger partial charge in [-0.15, -0.1) is 0 Å². The van der Waals surface area contributed by atoms with Crippen molar-refractivity contribution in [1.82, 2.24) is 15.0 Å². The van der Waals surface area contributed by atoms with Gasteiger partial charge in [0.25, 0.3) is 5.91 Å². The fourth-order valence-corrected chi connectivity index (χ4v) is 1.96. The topological polar surface area (TPSA) is 101 Å². The largest absolute Gasteiger partial charge is 0.474 e. The summed E-state index contributed by atoms with van der Waals surface area (Å²) >= 11 is 0. The van der Waals surface area contributed by atoms with Crippen molar-refractivity contribution < 1.29 is 13.9 Å². The van der Waals surface area contributed by atoms with Crippen LogP contribution < -0.4 is 20.7 Å². The van der Waals surface area contributed by atoms with Gasteiger partial charge in [0.05, 0.1) is 6.20 Å². The quantitative estimate of drug-likeness (QED) is 0.794. The van der Waals surface area contributed by atoms with Crippen LogP contribution in [-0.2, 0) is 4.79 Å². The van der Waals surface area contributed by atoms with Gasteiger partial charge in [-0.25, -0.2) is 14.4 Å². The molecule has 120 valence electrons. The van der Waals surface area contributed by atoms with Crippen LogP contribution in [-0.4, -0.2) is 33.5 Å². The first-order chi connectivity index (χ1) is 10.9. The summed E-state index contributed by atoms with van der Waals surface area (Å²) in [6.07, 6.45) is 1.05. The van der Waals surface area contributed by atoms with Crippen molar-refractivity contribution in [2.24, 2.45) is 0 Å². The van der Waals surface area contributed by atoms with Gasteiger partial charge < -0.3 is 20.7 Å². The Morgan fingerprint density at radius 2 is 2.09 bits per heavy atom. The van der Waals surface area contributed by atoms with E-state index < -0.39 is 11.4 Å². The molecule has 0 radical (unpaired) electrons. The second kappa shape index (κ2) is 5.34. The van der Waals surface area contributed by atoms with Crippen LogP contribution in [0.1, 0.15) is 13.8 Å². The fraction of sp³-hybridized carbons (Fsp3) is 0.286. The summed E-state index contributed by atoms with van der Waals surface area (Å²) in [5, 5.41) is 8.13. The Labute approximate surface area is 131 Å². The van der Waals surface area contributed by atoms with E-state index in [-0.39, 0.29) is 23.5 Å². The second-order valence-electron chi connectivity index (χ2n) is 5.37. The Morgan fingerprint density at radius 3 is 2.83 bits per heavy atom. The minimum absolute atomic E-state index is 0.0276. The van der Waals surface area contributed by atoms with Crippen LogP contribution in [0.25, 0.3) is 0 Å². The zero-order valence-electron chi connectivity index (χ0n) is 12.8. The summed E-state index contributed by atoms with van der Waals surface area (Å²) < 4.78 is 19.3. The van der Waals surface area contributed by atoms with E-state index in [4.69, 9.17) is 4.74 Å². The lowest BCUT2D eigenvalue weighted by atomic mass is 10.1. The monoisotopic (exact) mass is 318 g/mol. The Hall–Kier alpha value is -2.97. The number of rotatable bonds is 3. The molecular weight excluding hydrogens is 303 g/mol. The standard InChI is InChI=1S/C14H15FN6O2/c1-14(2)12(22)20-11-8(23-14)4-5-9(19-11)18-10-7(15)6-17-13(16-3)21-10/h4-6H,1-3H3,(H3,16,17,18,19,20,21,22). The molecule has 0 unspecified atom stereocenters. The molecule has 0 aliphatic carbocycles. The molecule has 2 aromatic heterocycles. The third-order valence-electron chi connectivity index (χ3n) is 3.22. The fourth-order valence-electron chi connectivity index (χ4n) is 1.96. The SMILES string of the molecule is CNc1ncc(F)c(Nc2ccc3c(n2)NC(=O)C(C)(C)O3)n1. The molecule has 0 fully saturated rings. The molecule has 0 spiro atoms. The number of carbonyl (C=O) groups excluding carboxylic acids is 1. The van der Waals surface area contributed by atoms with Crippen molar-refractivity contribution in [3.8, 4) is 5.75 Å². The molecule has 3 N–H and O–H groups in total. The highest BCUT2D eigenvalue weighted by atomic mass is 19.1. The second-order valence-corrected chi connectivity index (χ2v) is 5.37. The minimum Gasteiger partial charge on any atom is -0.474 e. The highest BCUT2D eigenvalue weighted by molar-refractivity contribution is 5.99. The first-order valence-corrected chi connectivity index (χ1v) is 6.88. The van der Waals surface area contributed by atoms with Crippen LogP contribution in [0, 0.1) is 5.82 Å². The minimum atomic E-state index is -0.968. The molecule has 1 aliphatic rings. The number of anilines is 4. The van der Waals surface area contributed by atoms with Gasteiger partial charge in [0, 0.05) is 7.05 Å². The molecule has 9 heteroatoms. The lowest BCUT2D eigenvalue weighted by Gasteiger charge is -2.30. The van der Waals surface area contributed by atoms with Crippen LogP contribution in [0.15, 0.2) is 18.3 Å². The van der Waals surface area contributed by atoms with Gasteiger partial charge in [0.15, 0.2) is 28.8 Å². The van der Waals surface area contributed by atoms with Crippen LogP contribution in [0.4, 0.5) is 27.8 Å². The molecular formula is C14H15FN6O2. The summed E-state index contributed by atoms with van der Waals surface area (Å²) in [7, 11) is 1.63. The number of pyridine rings is 1. The highest BCUT2D eigenvalue weighted by Crippen LogP contribution is 2.33. The molecule has 0 atom stereocenters. The molecule has 0 saturated carbocycles. The first kappa shape index (κ1) is 14.9. The maximum absolute atomic E-state index is 13.8. The van der Waals surface area contributed by atoms with Crippen molar-refractivity contribution >= 4 is 29.3 Å². The summed E-state index contributed by atoms with van der Waals surface area (Å²) in [5.41, 5.74) is -0.968. The highest BCUT2D eigenvalue weighted by Gasteiger charge is 2.36. The van der Waals surface area contributed by atoms with E-state index in [0.29, 0.717) is 11.6 Å². The van der Waals surface area contributed by atoms with Gasteiger partial charge in [-0.2, -0.15) is 4.98 Å². The predicted molar refractivity (Wildman–Crippen MR) is 82.4 cm³/mol. The normalized spacial score (nSPS) is 15.2. The molecule has 2 aromatic rings. The molecule has 0 aromatic carbocycles. The Morgan fingerprint density at radius 1 is 1.30 bits per heavy atom. The number of carbonyl (C=O) groups is 1. The Balaban J connectivity index is 1.89. The third kappa shape index (κ3) is 2.85. The Bertz CT molecular complexity index is 780. The summed E-state index contributed by atoms with van der Waals surface area (Å²) in [5.74, 6) is 0.338. The number of hydrogen-bond acceptors (Lipinski definition) is 7. The van der Waals surface area contributed by atoms with Gasteiger partial charge in [-0.1, -0.05) is 0 Å². The average molecular weight is 318 g/mol. The smallest absolute Gasteiger partial charge is 0.269 e. The maximum atomic E-state index is 13.8. The molecule has 0 saturated heterocycles. The molecule has 8 nitrogen and oxygen atoms in total. The lowest BCUT2D eigenvalue weighted by molar-refractivity contribution is -0.129. The number of amides is 1. The van der Waals surface area contributed by atoms with Gasteiger partial charge in [-0.3, -0.25) is 4.79 Å². The zero-order valence-corrected chi connectivity index (χ0v) is 12.8. The number of nitrogens with one attached hydrogen (secondary N) is 3. The van der Waals surface area contributed by atoms with Gasteiger partial charge in [0.2, 0.25) is 5.95 Å². The van der Waals surface area contributed by atoms with E-state index in [1.807, 2.05) is 0 Å². The number of nitrogens with zero attached hydrogens (tertiary/aromatic N) is 3. The average Bonchev–Trinajstić information content (AvgIpc) is 2.51. The molecule has 3 rings (SSSR count). The number of aromatic nitrogens is 3. The van der Waals surface area contributed by atoms with Crippen molar-refractivity contribution in [3.05, 3.63) is 24.1 Å². The molecule has 1 amide bonds. The van der Waals surface area contributed by atoms with E-state index in [1.54, 1.807) is 33.0 Å². The number of halogens is 1. The van der Waals surface area contributed by atoms with Crippen LogP contribution in [0.5, 0.6) is 5.75 Å². The summed E-state index contributed by atoms with van der Waals surface area (Å²) in [6.45, 7) is 3.32. The summed E-state index contributed by atoms with van der Waals surface area (Å²) in [4.78, 5) is 23.8. The number of ether oxygens (including phenoxy) is 1. The van der Waals surface area contributed by atoms with Crippen molar-refractivity contribution in [1.29, 1.82) is 0 Å². The van der Waals surface area contributed by atoms with E-state index >= 15 is 0 Å². The number of hydrogen-bond donors (Lipinski definition) is 3. The Kier molecular flexibility index (Phi) is 3.47. The van der Waals surface area contributed by atoms with E-state index in [0.717, 1.165) is 6.20 Å². The lowest BCUT2D eigenvalue weighted by Crippen LogP contribution is -2.46. The molecule has 0 bridgehead atoms. The predicted octanol–water partition coefficient (Wildman–Crippen LogP) is 1.91. The third-order valence-corrected chi connectivity index (χ3v) is 3.22. The van der Waals surface area contributed by atoms with Gasteiger partial charge >= 0.3 is 0 Å². The number of fused-ring (bicyclic) bond motifs is 1. The van der Waals surface area contributed by atoms with Crippen LogP contribution in [0.2, 0.25) is 0 Å². The van der Waals surface area contributed by atoms with E-state index in [1.165, 1.54) is 0 Å². The zero-order chi connectivity index (χ0) is 16.6. The summed E-state index contributed by atoms with van der Waals surface area (Å²) in [6, 6.07) is 3.25. The first-order valence-electron chi connectivity index (χ1n) is 6.88. The van der Waals surface area contributed by atoms with E-state index in [9.17, 15) is 9.18 Å². The molecule has 3 heterocycles. The van der Waals surface area contributed by atoms with Crippen molar-refractivity contribution in [2.75, 3.05) is 23.0 Å². The van der Waals surface area contributed by atoms with Gasteiger partial charge in [-0.05, 0) is 26.0 Å². The van der Waals surface area contributed by atoms with Crippen LogP contribution >= 0.6 is 0 Å². The van der Waals surface area contributed by atoms with E-state index in [2.05, 4.69) is 30.9 Å².